The molecule has 1 aromatic rings. The van der Waals surface area contributed by atoms with Crippen molar-refractivity contribution in [3.05, 3.63) is 34.9 Å². The second-order valence-electron chi connectivity index (χ2n) is 8.66. The standard InChI is InChI=1S/C25H37F2N/c1-2-3-4-5-6-7-8-9-10-11-12-20-13-15-21(16-14-20)22-17-24(26)23(19-28)25(27)18-22/h17-18,20-21H,2-16H2,1H3/t20-,21-. The van der Waals surface area contributed by atoms with Crippen molar-refractivity contribution in [1.29, 1.82) is 5.26 Å². The third-order valence-corrected chi connectivity index (χ3v) is 6.46. The molecule has 28 heavy (non-hydrogen) atoms. The highest BCUT2D eigenvalue weighted by Gasteiger charge is 2.24. The second-order valence-corrected chi connectivity index (χ2v) is 8.66. The topological polar surface area (TPSA) is 23.8 Å². The van der Waals surface area contributed by atoms with Gasteiger partial charge in [0.15, 0.2) is 0 Å². The number of nitrogens with zero attached hydrogens (tertiary/aromatic N) is 1. The molecule has 0 spiro atoms. The summed E-state index contributed by atoms with van der Waals surface area (Å²) < 4.78 is 27.7. The minimum atomic E-state index is -0.718. The molecule has 0 radical (unpaired) electrons. The Morgan fingerprint density at radius 1 is 0.821 bits per heavy atom. The van der Waals surface area contributed by atoms with Crippen molar-refractivity contribution < 1.29 is 8.78 Å². The van der Waals surface area contributed by atoms with Gasteiger partial charge in [-0.1, -0.05) is 77.6 Å². The monoisotopic (exact) mass is 389 g/mol. The summed E-state index contributed by atoms with van der Waals surface area (Å²) in [6, 6.07) is 4.34. The van der Waals surface area contributed by atoms with E-state index in [2.05, 4.69) is 6.92 Å². The van der Waals surface area contributed by atoms with Gasteiger partial charge >= 0.3 is 0 Å². The van der Waals surface area contributed by atoms with E-state index in [9.17, 15) is 8.78 Å². The summed E-state index contributed by atoms with van der Waals surface area (Å²) in [5, 5.41) is 8.80. The lowest BCUT2D eigenvalue weighted by Gasteiger charge is -2.29. The summed E-state index contributed by atoms with van der Waals surface area (Å²) in [6.07, 6.45) is 19.4. The Labute approximate surface area is 170 Å². The molecule has 1 aliphatic carbocycles. The van der Waals surface area contributed by atoms with Crippen LogP contribution in [0.25, 0.3) is 0 Å². The van der Waals surface area contributed by atoms with E-state index in [4.69, 9.17) is 5.26 Å². The zero-order valence-electron chi connectivity index (χ0n) is 17.6. The molecule has 0 heterocycles. The van der Waals surface area contributed by atoms with E-state index in [1.165, 1.54) is 82.8 Å². The van der Waals surface area contributed by atoms with Crippen LogP contribution in [0.1, 0.15) is 120 Å². The third-order valence-electron chi connectivity index (χ3n) is 6.46. The van der Waals surface area contributed by atoms with Crippen molar-refractivity contribution in [1.82, 2.24) is 0 Å². The van der Waals surface area contributed by atoms with Gasteiger partial charge in [0, 0.05) is 0 Å². The van der Waals surface area contributed by atoms with E-state index in [0.717, 1.165) is 37.2 Å². The Hall–Kier alpha value is -1.43. The van der Waals surface area contributed by atoms with Gasteiger partial charge in [-0.3, -0.25) is 0 Å². The summed E-state index contributed by atoms with van der Waals surface area (Å²) >= 11 is 0. The number of nitriles is 1. The zero-order valence-corrected chi connectivity index (χ0v) is 17.6. The molecule has 0 amide bonds. The van der Waals surface area contributed by atoms with Gasteiger partial charge in [0.1, 0.15) is 23.3 Å². The van der Waals surface area contributed by atoms with Gasteiger partial charge in [-0.15, -0.1) is 0 Å². The Morgan fingerprint density at radius 2 is 1.32 bits per heavy atom. The van der Waals surface area contributed by atoms with E-state index >= 15 is 0 Å². The first-order valence-electron chi connectivity index (χ1n) is 11.5. The van der Waals surface area contributed by atoms with E-state index in [0.29, 0.717) is 0 Å². The zero-order chi connectivity index (χ0) is 20.2. The summed E-state index contributed by atoms with van der Waals surface area (Å²) in [4.78, 5) is 0. The molecule has 1 aliphatic rings. The summed E-state index contributed by atoms with van der Waals surface area (Å²) in [5.74, 6) is -0.422. The van der Waals surface area contributed by atoms with Crippen LogP contribution in [0.5, 0.6) is 0 Å². The molecular formula is C25H37F2N. The first-order valence-corrected chi connectivity index (χ1v) is 11.5. The predicted molar refractivity (Wildman–Crippen MR) is 112 cm³/mol. The van der Waals surface area contributed by atoms with Crippen molar-refractivity contribution in [2.75, 3.05) is 0 Å². The maximum Gasteiger partial charge on any atom is 0.144 e. The number of rotatable bonds is 12. The predicted octanol–water partition coefficient (Wildman–Crippen LogP) is 8.42. The van der Waals surface area contributed by atoms with Crippen molar-refractivity contribution >= 4 is 0 Å². The Kier molecular flexibility index (Phi) is 10.5. The fourth-order valence-electron chi connectivity index (χ4n) is 4.64. The molecule has 0 aliphatic heterocycles. The lowest BCUT2D eigenvalue weighted by Crippen LogP contribution is -2.14. The molecule has 1 nitrogen and oxygen atoms in total. The minimum Gasteiger partial charge on any atom is -0.205 e. The van der Waals surface area contributed by atoms with Crippen molar-refractivity contribution in [3.63, 3.8) is 0 Å². The quantitative estimate of drug-likeness (QED) is 0.329. The number of unbranched alkanes of at least 4 members (excludes halogenated alkanes) is 9. The molecule has 0 atom stereocenters. The highest BCUT2D eigenvalue weighted by molar-refractivity contribution is 5.36. The number of benzene rings is 1. The highest BCUT2D eigenvalue weighted by atomic mass is 19.1. The average Bonchev–Trinajstić information content (AvgIpc) is 2.69. The molecule has 0 N–H and O–H groups in total. The maximum atomic E-state index is 13.9. The SMILES string of the molecule is CCCCCCCCCCCC[C@H]1CC[C@H](c2cc(F)c(C#N)c(F)c2)CC1. The van der Waals surface area contributed by atoms with Gasteiger partial charge in [0.05, 0.1) is 0 Å². The van der Waals surface area contributed by atoms with Gasteiger partial charge in [-0.05, 0) is 55.2 Å². The van der Waals surface area contributed by atoms with Gasteiger partial charge in [-0.25, -0.2) is 8.78 Å². The van der Waals surface area contributed by atoms with Crippen LogP contribution in [0.3, 0.4) is 0 Å². The molecule has 1 fully saturated rings. The molecular weight excluding hydrogens is 352 g/mol. The highest BCUT2D eigenvalue weighted by Crippen LogP contribution is 2.38. The first kappa shape index (κ1) is 22.9. The molecule has 3 heteroatoms. The fraction of sp³-hybridized carbons (Fsp3) is 0.720. The number of hydrogen-bond donors (Lipinski definition) is 0. The average molecular weight is 390 g/mol. The van der Waals surface area contributed by atoms with Crippen LogP contribution < -0.4 is 0 Å². The third kappa shape index (κ3) is 7.53. The molecule has 156 valence electrons. The molecule has 0 unspecified atom stereocenters. The van der Waals surface area contributed by atoms with Crippen LogP contribution in [-0.4, -0.2) is 0 Å². The van der Waals surface area contributed by atoms with E-state index in [1.54, 1.807) is 6.07 Å². The van der Waals surface area contributed by atoms with Crippen molar-refractivity contribution in [2.24, 2.45) is 5.92 Å². The lowest BCUT2D eigenvalue weighted by atomic mass is 9.77. The van der Waals surface area contributed by atoms with Gasteiger partial charge in [0.25, 0.3) is 0 Å². The van der Waals surface area contributed by atoms with Gasteiger partial charge in [-0.2, -0.15) is 5.26 Å². The summed E-state index contributed by atoms with van der Waals surface area (Å²) in [6.45, 7) is 2.26. The molecule has 1 saturated carbocycles. The maximum absolute atomic E-state index is 13.9. The number of hydrogen-bond acceptors (Lipinski definition) is 1. The van der Waals surface area contributed by atoms with Crippen LogP contribution >= 0.6 is 0 Å². The Balaban J connectivity index is 1.57. The summed E-state index contributed by atoms with van der Waals surface area (Å²) in [5.41, 5.74) is 0.268. The molecule has 0 bridgehead atoms. The van der Waals surface area contributed by atoms with E-state index in [-0.39, 0.29) is 5.92 Å². The lowest BCUT2D eigenvalue weighted by molar-refractivity contribution is 0.301. The molecule has 2 rings (SSSR count). The van der Waals surface area contributed by atoms with Gasteiger partial charge < -0.3 is 0 Å². The van der Waals surface area contributed by atoms with Crippen molar-refractivity contribution in [3.8, 4) is 6.07 Å². The van der Waals surface area contributed by atoms with Crippen LogP contribution in [0.15, 0.2) is 12.1 Å². The first-order chi connectivity index (χ1) is 13.7. The second kappa shape index (κ2) is 12.9. The molecule has 0 aromatic heterocycles. The van der Waals surface area contributed by atoms with Crippen LogP contribution in [-0.2, 0) is 0 Å². The molecule has 1 aromatic carbocycles. The smallest absolute Gasteiger partial charge is 0.144 e. The van der Waals surface area contributed by atoms with E-state index in [1.807, 2.05) is 0 Å². The number of halogens is 2. The van der Waals surface area contributed by atoms with Crippen LogP contribution in [0, 0.1) is 28.9 Å². The van der Waals surface area contributed by atoms with Gasteiger partial charge in [0.2, 0.25) is 0 Å². The van der Waals surface area contributed by atoms with Crippen LogP contribution in [0.4, 0.5) is 8.78 Å². The largest absolute Gasteiger partial charge is 0.205 e. The van der Waals surface area contributed by atoms with Crippen LogP contribution in [0.2, 0.25) is 0 Å². The Bertz CT molecular complexity index is 588. The van der Waals surface area contributed by atoms with Crippen molar-refractivity contribution in [2.45, 2.75) is 109 Å². The Morgan fingerprint density at radius 3 is 1.82 bits per heavy atom. The summed E-state index contributed by atoms with van der Waals surface area (Å²) in [7, 11) is 0. The fourth-order valence-corrected chi connectivity index (χ4v) is 4.64. The van der Waals surface area contributed by atoms with E-state index < -0.39 is 17.2 Å². The minimum absolute atomic E-state index is 0.237. The molecule has 0 saturated heterocycles. The normalized spacial score (nSPS) is 19.5.